The number of alkyl halides is 1. The van der Waals surface area contributed by atoms with Gasteiger partial charge in [0.2, 0.25) is 5.91 Å². The molecule has 4 heterocycles. The van der Waals surface area contributed by atoms with E-state index in [-0.39, 0.29) is 18.9 Å². The summed E-state index contributed by atoms with van der Waals surface area (Å²) < 4.78 is 16.6. The smallest absolute Gasteiger partial charge is 0.322 e. The van der Waals surface area contributed by atoms with Crippen LogP contribution < -0.4 is 5.32 Å². The molecule has 0 radical (unpaired) electrons. The number of para-hydroxylation sites is 1. The molecule has 1 saturated heterocycles. The van der Waals surface area contributed by atoms with E-state index in [4.69, 9.17) is 0 Å². The number of likely N-dealkylation sites (tertiary alicyclic amines) is 1. The Bertz CT molecular complexity index is 1370. The number of hydrogen-bond acceptors (Lipinski definition) is 4. The zero-order valence-corrected chi connectivity index (χ0v) is 19.2. The highest BCUT2D eigenvalue weighted by Crippen LogP contribution is 2.34. The van der Waals surface area contributed by atoms with Crippen molar-refractivity contribution in [1.29, 1.82) is 0 Å². The summed E-state index contributed by atoms with van der Waals surface area (Å²) in [6.45, 7) is 1.41. The van der Waals surface area contributed by atoms with E-state index in [1.165, 1.54) is 16.4 Å². The van der Waals surface area contributed by atoms with Crippen LogP contribution in [0.4, 0.5) is 14.9 Å². The number of pyridine rings is 1. The summed E-state index contributed by atoms with van der Waals surface area (Å²) in [7, 11) is 0. The number of carbonyl (C=O) groups excluding carboxylic acids is 2. The molecule has 1 aliphatic rings. The minimum atomic E-state index is -1.17. The molecule has 4 aromatic rings. The van der Waals surface area contributed by atoms with Crippen molar-refractivity contribution in [3.05, 3.63) is 65.3 Å². The third-order valence-corrected chi connectivity index (χ3v) is 6.15. The number of rotatable bonds is 3. The lowest BCUT2D eigenvalue weighted by Crippen LogP contribution is -2.35. The van der Waals surface area contributed by atoms with Gasteiger partial charge in [-0.3, -0.25) is 9.36 Å². The SMILES string of the molecule is CC(=O)n1cc(NC(=O)N2C[C@H](F)C[C@H]2c2ncc(-c3cccc(Br)n3)[nH]2)c2ccccc21. The lowest BCUT2D eigenvalue weighted by atomic mass is 10.2. The molecular formula is C23H20BrFN6O2. The number of imidazole rings is 1. The van der Waals surface area contributed by atoms with Crippen LogP contribution in [0, 0.1) is 0 Å². The number of benzene rings is 1. The van der Waals surface area contributed by atoms with Crippen LogP contribution in [-0.4, -0.2) is 49.1 Å². The van der Waals surface area contributed by atoms with Crippen LogP contribution >= 0.6 is 15.9 Å². The number of urea groups is 1. The van der Waals surface area contributed by atoms with Gasteiger partial charge in [-0.05, 0) is 34.1 Å². The Morgan fingerprint density at radius 3 is 2.82 bits per heavy atom. The number of hydrogen-bond donors (Lipinski definition) is 2. The molecule has 8 nitrogen and oxygen atoms in total. The van der Waals surface area contributed by atoms with Crippen molar-refractivity contribution in [3.8, 4) is 11.4 Å². The van der Waals surface area contributed by atoms with Gasteiger partial charge in [0.25, 0.3) is 0 Å². The quantitative estimate of drug-likeness (QED) is 0.371. The maximum Gasteiger partial charge on any atom is 0.322 e. The van der Waals surface area contributed by atoms with Crippen LogP contribution in [0.5, 0.6) is 0 Å². The maximum absolute atomic E-state index is 14.4. The highest BCUT2D eigenvalue weighted by molar-refractivity contribution is 9.10. The Kier molecular flexibility index (Phi) is 5.45. The zero-order chi connectivity index (χ0) is 23.1. The predicted molar refractivity (Wildman–Crippen MR) is 126 cm³/mol. The summed E-state index contributed by atoms with van der Waals surface area (Å²) in [5, 5.41) is 3.59. The fraction of sp³-hybridized carbons (Fsp3) is 0.217. The third kappa shape index (κ3) is 4.02. The molecule has 1 aromatic carbocycles. The van der Waals surface area contributed by atoms with E-state index in [2.05, 4.69) is 36.2 Å². The summed E-state index contributed by atoms with van der Waals surface area (Å²) in [6.07, 6.45) is 2.19. The second-order valence-corrected chi connectivity index (χ2v) is 8.72. The van der Waals surface area contributed by atoms with Crippen molar-refractivity contribution < 1.29 is 14.0 Å². The summed E-state index contributed by atoms with van der Waals surface area (Å²) in [5.41, 5.74) is 2.55. The largest absolute Gasteiger partial charge is 0.339 e. The van der Waals surface area contributed by atoms with Crippen molar-refractivity contribution >= 4 is 44.5 Å². The van der Waals surface area contributed by atoms with Gasteiger partial charge in [0.05, 0.1) is 41.4 Å². The van der Waals surface area contributed by atoms with E-state index in [1.54, 1.807) is 12.4 Å². The van der Waals surface area contributed by atoms with E-state index >= 15 is 0 Å². The number of anilines is 1. The molecule has 0 saturated carbocycles. The van der Waals surface area contributed by atoms with Gasteiger partial charge in [0.1, 0.15) is 16.6 Å². The first kappa shape index (κ1) is 21.3. The molecule has 0 bridgehead atoms. The third-order valence-electron chi connectivity index (χ3n) is 5.71. The average molecular weight is 511 g/mol. The van der Waals surface area contributed by atoms with E-state index in [9.17, 15) is 14.0 Å². The lowest BCUT2D eigenvalue weighted by Gasteiger charge is -2.23. The molecular weight excluding hydrogens is 491 g/mol. The highest BCUT2D eigenvalue weighted by atomic mass is 79.9. The first-order valence-corrected chi connectivity index (χ1v) is 11.2. The minimum Gasteiger partial charge on any atom is -0.339 e. The Morgan fingerprint density at radius 1 is 1.21 bits per heavy atom. The maximum atomic E-state index is 14.4. The Labute approximate surface area is 197 Å². The number of amides is 2. The first-order valence-electron chi connectivity index (χ1n) is 10.4. The van der Waals surface area contributed by atoms with Crippen LogP contribution in [0.2, 0.25) is 0 Å². The molecule has 1 fully saturated rings. The van der Waals surface area contributed by atoms with Gasteiger partial charge >= 0.3 is 6.03 Å². The summed E-state index contributed by atoms with van der Waals surface area (Å²) in [5.74, 6) is 0.326. The number of halogens is 2. The van der Waals surface area contributed by atoms with Crippen LogP contribution in [0.15, 0.2) is 59.5 Å². The van der Waals surface area contributed by atoms with E-state index in [0.29, 0.717) is 33.0 Å². The van der Waals surface area contributed by atoms with Gasteiger partial charge in [-0.15, -0.1) is 0 Å². The monoisotopic (exact) mass is 510 g/mol. The molecule has 5 rings (SSSR count). The van der Waals surface area contributed by atoms with E-state index in [1.807, 2.05) is 42.5 Å². The van der Waals surface area contributed by atoms with Crippen LogP contribution in [0.1, 0.15) is 30.0 Å². The Morgan fingerprint density at radius 2 is 2.03 bits per heavy atom. The number of nitrogens with one attached hydrogen (secondary N) is 2. The summed E-state index contributed by atoms with van der Waals surface area (Å²) in [4.78, 5) is 38.6. The van der Waals surface area contributed by atoms with Gasteiger partial charge in [0.15, 0.2) is 0 Å². The van der Waals surface area contributed by atoms with Crippen molar-refractivity contribution in [2.24, 2.45) is 0 Å². The molecule has 1 aliphatic heterocycles. The molecule has 2 amide bonds. The van der Waals surface area contributed by atoms with Gasteiger partial charge in [0, 0.05) is 24.9 Å². The second-order valence-electron chi connectivity index (χ2n) is 7.91. The van der Waals surface area contributed by atoms with Gasteiger partial charge in [-0.2, -0.15) is 0 Å². The van der Waals surface area contributed by atoms with Crippen LogP contribution in [0.3, 0.4) is 0 Å². The lowest BCUT2D eigenvalue weighted by molar-refractivity contribution is 0.0941. The van der Waals surface area contributed by atoms with E-state index < -0.39 is 18.2 Å². The summed E-state index contributed by atoms with van der Waals surface area (Å²) in [6, 6.07) is 11.8. The highest BCUT2D eigenvalue weighted by Gasteiger charge is 2.38. The molecule has 2 N–H and O–H groups in total. The van der Waals surface area contributed by atoms with E-state index in [0.717, 1.165) is 5.39 Å². The zero-order valence-electron chi connectivity index (χ0n) is 17.6. The molecule has 0 aliphatic carbocycles. The van der Waals surface area contributed by atoms with Crippen molar-refractivity contribution in [2.75, 3.05) is 11.9 Å². The Balaban J connectivity index is 1.42. The van der Waals surface area contributed by atoms with Gasteiger partial charge < -0.3 is 15.2 Å². The Hall–Kier alpha value is -3.53. The number of aromatic amines is 1. The van der Waals surface area contributed by atoms with Crippen molar-refractivity contribution in [3.63, 3.8) is 0 Å². The first-order chi connectivity index (χ1) is 15.9. The number of H-pyrrole nitrogens is 1. The molecule has 0 spiro atoms. The van der Waals surface area contributed by atoms with Gasteiger partial charge in [-0.25, -0.2) is 19.2 Å². The molecule has 2 atom stereocenters. The van der Waals surface area contributed by atoms with Crippen LogP contribution in [0.25, 0.3) is 22.3 Å². The number of nitrogens with zero attached hydrogens (tertiary/aromatic N) is 4. The molecule has 168 valence electrons. The fourth-order valence-electron chi connectivity index (χ4n) is 4.19. The number of fused-ring (bicyclic) bond motifs is 1. The number of carbonyl (C=O) groups is 2. The topological polar surface area (TPSA) is 95.9 Å². The standard InChI is InChI=1S/C23H20BrFN6O2/c1-13(32)30-12-18(15-5-2-3-7-19(15)30)29-23(33)31-11-14(25)9-20(31)22-26-10-17(28-22)16-6-4-8-21(24)27-16/h2-8,10,12,14,20H,9,11H2,1H3,(H,26,28)(H,29,33)/t14-,20+/m1/s1. The normalized spacial score (nSPS) is 18.1. The fourth-order valence-corrected chi connectivity index (χ4v) is 4.53. The number of aromatic nitrogens is 4. The molecule has 0 unspecified atom stereocenters. The van der Waals surface area contributed by atoms with Crippen molar-refractivity contribution in [2.45, 2.75) is 25.6 Å². The summed E-state index contributed by atoms with van der Waals surface area (Å²) >= 11 is 3.35. The average Bonchev–Trinajstić information content (AvgIpc) is 3.51. The van der Waals surface area contributed by atoms with Crippen LogP contribution in [-0.2, 0) is 0 Å². The predicted octanol–water partition coefficient (Wildman–Crippen LogP) is 5.17. The molecule has 10 heteroatoms. The molecule has 33 heavy (non-hydrogen) atoms. The minimum absolute atomic E-state index is 0.0486. The molecule has 3 aromatic heterocycles. The van der Waals surface area contributed by atoms with Gasteiger partial charge in [-0.1, -0.05) is 24.3 Å². The van der Waals surface area contributed by atoms with Crippen molar-refractivity contribution in [1.82, 2.24) is 24.4 Å². The second kappa shape index (κ2) is 8.43.